The minimum atomic E-state index is -0.310. The van der Waals surface area contributed by atoms with Crippen molar-refractivity contribution in [3.8, 4) is 0 Å². The van der Waals surface area contributed by atoms with E-state index >= 15 is 0 Å². The molecule has 2 aromatic heterocycles. The van der Waals surface area contributed by atoms with E-state index in [0.29, 0.717) is 29.7 Å². The number of carbonyl (C=O) groups is 1. The molecule has 1 amide bonds. The molecule has 0 aliphatic carbocycles. The van der Waals surface area contributed by atoms with Crippen LogP contribution in [0.1, 0.15) is 54.8 Å². The Labute approximate surface area is 205 Å². The maximum Gasteiger partial charge on any atom is 0.277 e. The van der Waals surface area contributed by atoms with Crippen molar-refractivity contribution in [3.05, 3.63) is 82.0 Å². The number of carbonyl (C=O) groups excluding carboxylic acids is 1. The van der Waals surface area contributed by atoms with Crippen LogP contribution in [0.4, 0.5) is 5.95 Å². The number of thiazole rings is 1. The van der Waals surface area contributed by atoms with Gasteiger partial charge in [-0.2, -0.15) is 0 Å². The molecule has 7 nitrogen and oxygen atoms in total. The van der Waals surface area contributed by atoms with E-state index in [1.54, 1.807) is 24.8 Å². The van der Waals surface area contributed by atoms with Crippen molar-refractivity contribution in [2.75, 3.05) is 19.0 Å². The van der Waals surface area contributed by atoms with Gasteiger partial charge >= 0.3 is 0 Å². The Morgan fingerprint density at radius 1 is 1.47 bits per heavy atom. The highest BCUT2D eigenvalue weighted by Crippen LogP contribution is 2.27. The zero-order valence-corrected chi connectivity index (χ0v) is 21.0. The second-order valence-corrected chi connectivity index (χ2v) is 8.89. The second-order valence-electron chi connectivity index (χ2n) is 7.94. The lowest BCUT2D eigenvalue weighted by molar-refractivity contribution is 0.102. The summed E-state index contributed by atoms with van der Waals surface area (Å²) in [4.78, 5) is 24.6. The van der Waals surface area contributed by atoms with Gasteiger partial charge in [0.25, 0.3) is 5.91 Å². The zero-order chi connectivity index (χ0) is 24.5. The maximum absolute atomic E-state index is 12.7. The molecule has 3 heterocycles. The van der Waals surface area contributed by atoms with Crippen molar-refractivity contribution in [1.29, 1.82) is 0 Å². The largest absolute Gasteiger partial charge is 0.497 e. The Morgan fingerprint density at radius 3 is 3.03 bits per heavy atom. The molecule has 2 N–H and O–H groups in total. The minimum absolute atomic E-state index is 0.310. The number of methoxy groups -OCH3 is 1. The maximum atomic E-state index is 12.7. The number of aromatic amines is 1. The highest BCUT2D eigenvalue weighted by molar-refractivity contribution is 7.09. The zero-order valence-electron chi connectivity index (χ0n) is 20.2. The number of hydrogen-bond donors (Lipinski definition) is 2. The van der Waals surface area contributed by atoms with Gasteiger partial charge < -0.3 is 14.5 Å². The molecular formula is C26H32N4O3S. The third kappa shape index (κ3) is 6.81. The summed E-state index contributed by atoms with van der Waals surface area (Å²) in [6.45, 7) is 10.8. The van der Waals surface area contributed by atoms with E-state index in [1.807, 2.05) is 19.1 Å². The molecule has 8 heteroatoms. The van der Waals surface area contributed by atoms with Crippen molar-refractivity contribution in [3.63, 3.8) is 0 Å². The minimum Gasteiger partial charge on any atom is -0.497 e. The molecule has 0 radical (unpaired) electrons. The van der Waals surface area contributed by atoms with Gasteiger partial charge in [0.1, 0.15) is 17.2 Å². The molecular weight excluding hydrogens is 448 g/mol. The van der Waals surface area contributed by atoms with Crippen LogP contribution in [-0.2, 0) is 15.9 Å². The van der Waals surface area contributed by atoms with Crippen molar-refractivity contribution in [2.24, 2.45) is 5.92 Å². The fraction of sp³-hybridized carbons (Fsp3) is 0.346. The molecule has 0 aromatic carbocycles. The summed E-state index contributed by atoms with van der Waals surface area (Å²) < 4.78 is 10.9. The number of ether oxygens (including phenoxy) is 2. The molecule has 1 saturated heterocycles. The van der Waals surface area contributed by atoms with Gasteiger partial charge in [0.05, 0.1) is 30.6 Å². The monoisotopic (exact) mass is 480 g/mol. The normalized spacial score (nSPS) is 17.4. The Hall–Kier alpha value is -3.39. The Morgan fingerprint density at radius 2 is 2.29 bits per heavy atom. The van der Waals surface area contributed by atoms with Crippen LogP contribution in [-0.4, -0.2) is 34.6 Å². The number of rotatable bonds is 10. The third-order valence-corrected chi connectivity index (χ3v) is 6.25. The molecule has 34 heavy (non-hydrogen) atoms. The first kappa shape index (κ1) is 25.2. The van der Waals surface area contributed by atoms with Gasteiger partial charge in [0.15, 0.2) is 0 Å². The van der Waals surface area contributed by atoms with Crippen molar-refractivity contribution in [1.82, 2.24) is 15.0 Å². The predicted octanol–water partition coefficient (Wildman–Crippen LogP) is 6.06. The predicted molar refractivity (Wildman–Crippen MR) is 137 cm³/mol. The number of hydrogen-bond acceptors (Lipinski definition) is 6. The van der Waals surface area contributed by atoms with Gasteiger partial charge in [-0.05, 0) is 37.0 Å². The number of aromatic nitrogens is 3. The van der Waals surface area contributed by atoms with Crippen LogP contribution in [0, 0.1) is 5.92 Å². The lowest BCUT2D eigenvalue weighted by atomic mass is 10.0. The summed E-state index contributed by atoms with van der Waals surface area (Å²) in [7, 11) is 1.56. The Bertz CT molecular complexity index is 1140. The van der Waals surface area contributed by atoms with Crippen LogP contribution < -0.4 is 5.32 Å². The molecule has 0 saturated carbocycles. The first-order valence-electron chi connectivity index (χ1n) is 11.4. The van der Waals surface area contributed by atoms with Crippen LogP contribution in [0.15, 0.2) is 65.6 Å². The summed E-state index contributed by atoms with van der Waals surface area (Å²) in [6.07, 6.45) is 14.3. The fourth-order valence-electron chi connectivity index (χ4n) is 3.27. The highest BCUT2D eigenvalue weighted by Gasteiger charge is 2.17. The van der Waals surface area contributed by atoms with E-state index in [2.05, 4.69) is 52.8 Å². The summed E-state index contributed by atoms with van der Waals surface area (Å²) in [6, 6.07) is 0. The number of amides is 1. The fourth-order valence-corrected chi connectivity index (χ4v) is 4.01. The summed E-state index contributed by atoms with van der Waals surface area (Å²) in [5, 5.41) is 5.42. The van der Waals surface area contributed by atoms with Crippen LogP contribution in [0.25, 0.3) is 5.57 Å². The molecule has 0 spiro atoms. The summed E-state index contributed by atoms with van der Waals surface area (Å²) in [5.41, 5.74) is 3.15. The van der Waals surface area contributed by atoms with Crippen LogP contribution in [0.5, 0.6) is 0 Å². The number of H-pyrrole nitrogens is 1. The van der Waals surface area contributed by atoms with Gasteiger partial charge in [-0.1, -0.05) is 38.7 Å². The number of anilines is 1. The van der Waals surface area contributed by atoms with Gasteiger partial charge in [-0.3, -0.25) is 10.1 Å². The number of allylic oxidation sites excluding steroid dienone is 7. The molecule has 0 bridgehead atoms. The van der Waals surface area contributed by atoms with Crippen LogP contribution in [0.2, 0.25) is 0 Å². The highest BCUT2D eigenvalue weighted by atomic mass is 32.1. The Balaban J connectivity index is 1.65. The van der Waals surface area contributed by atoms with E-state index < -0.39 is 0 Å². The van der Waals surface area contributed by atoms with Crippen molar-refractivity contribution < 1.29 is 14.3 Å². The van der Waals surface area contributed by atoms with E-state index in [1.165, 1.54) is 16.9 Å². The quantitative estimate of drug-likeness (QED) is 0.319. The van der Waals surface area contributed by atoms with E-state index in [4.69, 9.17) is 9.47 Å². The average molecular weight is 481 g/mol. The van der Waals surface area contributed by atoms with Gasteiger partial charge in [0, 0.05) is 23.8 Å². The molecule has 3 rings (SSSR count). The number of imidazole rings is 1. The average Bonchev–Trinajstić information content (AvgIpc) is 3.58. The summed E-state index contributed by atoms with van der Waals surface area (Å²) >= 11 is 1.47. The molecule has 1 aliphatic rings. The SMILES string of the molecule is C=C(/C=C(\C=CC)c1cnc(NC(=O)c2csc(C/C=C3/CCOC3=CC(C)CC)n2)[nH]1)OC. The smallest absolute Gasteiger partial charge is 0.277 e. The molecule has 1 unspecified atom stereocenters. The lowest BCUT2D eigenvalue weighted by Gasteiger charge is -2.05. The van der Waals surface area contributed by atoms with Gasteiger partial charge in [-0.25, -0.2) is 9.97 Å². The van der Waals surface area contributed by atoms with E-state index in [9.17, 15) is 4.79 Å². The number of nitrogens with zero attached hydrogens (tertiary/aromatic N) is 2. The van der Waals surface area contributed by atoms with E-state index in [0.717, 1.165) is 41.5 Å². The first-order chi connectivity index (χ1) is 16.4. The van der Waals surface area contributed by atoms with Crippen LogP contribution >= 0.6 is 11.3 Å². The topological polar surface area (TPSA) is 89.1 Å². The lowest BCUT2D eigenvalue weighted by Crippen LogP contribution is -2.13. The Kier molecular flexibility index (Phi) is 9.04. The van der Waals surface area contributed by atoms with Crippen LogP contribution in [0.3, 0.4) is 0 Å². The van der Waals surface area contributed by atoms with Gasteiger partial charge in [-0.15, -0.1) is 11.3 Å². The molecule has 1 atom stereocenters. The standard InChI is InChI=1S/C26H32N4O3S/c1-6-8-20(14-18(4)32-5)21-15-27-26(29-21)30-25(31)22-16-34-24(28-22)10-9-19-11-12-33-23(19)13-17(3)7-2/h6,8-9,13-17H,4,7,10-12H2,1-3,5H3,(H2,27,29,30,31)/b8-6?,19-9-,20-14+,23-13?. The molecule has 1 aliphatic heterocycles. The van der Waals surface area contributed by atoms with Crippen molar-refractivity contribution in [2.45, 2.75) is 40.0 Å². The number of nitrogens with one attached hydrogen (secondary N) is 2. The van der Waals surface area contributed by atoms with Gasteiger partial charge in [0.2, 0.25) is 5.95 Å². The molecule has 180 valence electrons. The second kappa shape index (κ2) is 12.2. The van der Waals surface area contributed by atoms with E-state index in [-0.39, 0.29) is 5.91 Å². The molecule has 2 aromatic rings. The van der Waals surface area contributed by atoms with Crippen molar-refractivity contribution >= 4 is 28.8 Å². The molecule has 1 fully saturated rings. The third-order valence-electron chi connectivity index (χ3n) is 5.38. The summed E-state index contributed by atoms with van der Waals surface area (Å²) in [5.74, 6) is 2.02. The first-order valence-corrected chi connectivity index (χ1v) is 12.2.